The summed E-state index contributed by atoms with van der Waals surface area (Å²) < 4.78 is 6.57. The van der Waals surface area contributed by atoms with Crippen LogP contribution in [-0.4, -0.2) is 25.6 Å². The van der Waals surface area contributed by atoms with Crippen LogP contribution in [0, 0.1) is 10.1 Å². The molecule has 0 aliphatic carbocycles. The first-order valence-corrected chi connectivity index (χ1v) is 10.2. The average Bonchev–Trinajstić information content (AvgIpc) is 3.13. The van der Waals surface area contributed by atoms with Gasteiger partial charge in [0, 0.05) is 16.7 Å². The molecule has 1 atom stereocenters. The van der Waals surface area contributed by atoms with Gasteiger partial charge in [0.15, 0.2) is 5.60 Å². The fraction of sp³-hybridized carbons (Fsp3) is 0.261. The zero-order valence-electron chi connectivity index (χ0n) is 17.3. The molecular weight excluding hydrogens is 414 g/mol. The number of carbonyl (C=O) groups is 1. The van der Waals surface area contributed by atoms with Crippen molar-refractivity contribution >= 4 is 22.6 Å². The molecule has 4 heterocycles. The number of hydrogen-bond donors (Lipinski definition) is 1. The molecular formula is C23H19N3O6. The molecule has 0 spiro atoms. The van der Waals surface area contributed by atoms with Gasteiger partial charge in [-0.05, 0) is 37.1 Å². The Hall–Kier alpha value is -3.85. The van der Waals surface area contributed by atoms with Crippen molar-refractivity contribution in [1.82, 2.24) is 9.55 Å². The summed E-state index contributed by atoms with van der Waals surface area (Å²) >= 11 is 0. The van der Waals surface area contributed by atoms with Gasteiger partial charge in [-0.3, -0.25) is 14.9 Å². The van der Waals surface area contributed by atoms with E-state index >= 15 is 0 Å². The van der Waals surface area contributed by atoms with Crippen molar-refractivity contribution in [2.75, 3.05) is 0 Å². The van der Waals surface area contributed by atoms with E-state index in [4.69, 9.17) is 4.74 Å². The highest BCUT2D eigenvalue weighted by molar-refractivity contribution is 5.93. The lowest BCUT2D eigenvalue weighted by Crippen LogP contribution is -2.44. The minimum atomic E-state index is -1.90. The molecule has 32 heavy (non-hydrogen) atoms. The summed E-state index contributed by atoms with van der Waals surface area (Å²) in [5, 5.41) is 23.1. The van der Waals surface area contributed by atoms with Crippen LogP contribution < -0.4 is 5.56 Å². The van der Waals surface area contributed by atoms with Crippen molar-refractivity contribution in [2.45, 2.75) is 38.5 Å². The number of aliphatic hydroxyl groups is 1. The van der Waals surface area contributed by atoms with Gasteiger partial charge in [0.05, 0.1) is 39.3 Å². The van der Waals surface area contributed by atoms with Crippen LogP contribution in [0.3, 0.4) is 0 Å². The van der Waals surface area contributed by atoms with Gasteiger partial charge in [-0.25, -0.2) is 9.78 Å². The molecule has 0 saturated heterocycles. The summed E-state index contributed by atoms with van der Waals surface area (Å²) in [6, 6.07) is 6.68. The highest BCUT2D eigenvalue weighted by atomic mass is 16.6. The molecule has 0 fully saturated rings. The fourth-order valence-corrected chi connectivity index (χ4v) is 4.62. The van der Waals surface area contributed by atoms with Crippen molar-refractivity contribution < 1.29 is 19.6 Å². The summed E-state index contributed by atoms with van der Waals surface area (Å²) in [6.45, 7) is 5.27. The Balaban J connectivity index is 1.77. The second kappa shape index (κ2) is 6.83. The maximum Gasteiger partial charge on any atom is 0.343 e. The molecule has 2 aromatic heterocycles. The number of fused-ring (bicyclic) bond motifs is 5. The van der Waals surface area contributed by atoms with Gasteiger partial charge in [0.2, 0.25) is 0 Å². The third-order valence-corrected chi connectivity index (χ3v) is 6.29. The molecule has 1 unspecified atom stereocenters. The molecule has 2 aliphatic heterocycles. The van der Waals surface area contributed by atoms with E-state index in [1.54, 1.807) is 37.3 Å². The van der Waals surface area contributed by atoms with E-state index in [0.717, 1.165) is 0 Å². The highest BCUT2D eigenvalue weighted by Gasteiger charge is 2.45. The van der Waals surface area contributed by atoms with E-state index in [-0.39, 0.29) is 41.9 Å². The standard InChI is InChI=1S/C23H19N3O6/c1-3-5-12-6-7-17-14(20(12)26(30)31)8-13-10-25-18(19(13)24-17)9-16-15(21(25)27)11-32-22(28)23(16,29)4-2/h3,6-9,29H,1,4-5,10-11H2,2H3. The maximum atomic E-state index is 13.2. The van der Waals surface area contributed by atoms with E-state index < -0.39 is 16.5 Å². The Morgan fingerprint density at radius 2 is 2.16 bits per heavy atom. The topological polar surface area (TPSA) is 125 Å². The first kappa shape index (κ1) is 20.1. The smallest absolute Gasteiger partial charge is 0.343 e. The van der Waals surface area contributed by atoms with E-state index in [1.165, 1.54) is 4.57 Å². The number of nitrogens with zero attached hydrogens (tertiary/aromatic N) is 3. The summed E-state index contributed by atoms with van der Waals surface area (Å²) in [5.41, 5.74) is 0.733. The van der Waals surface area contributed by atoms with Crippen molar-refractivity contribution in [3.8, 4) is 11.4 Å². The lowest BCUT2D eigenvalue weighted by molar-refractivity contribution is -0.383. The first-order chi connectivity index (χ1) is 15.3. The number of ether oxygens (including phenoxy) is 1. The van der Waals surface area contributed by atoms with Gasteiger partial charge in [-0.2, -0.15) is 0 Å². The summed E-state index contributed by atoms with van der Waals surface area (Å²) in [6.07, 6.45) is 2.00. The zero-order chi connectivity index (χ0) is 22.8. The number of esters is 1. The van der Waals surface area contributed by atoms with Crippen molar-refractivity contribution in [3.05, 3.63) is 79.6 Å². The first-order valence-electron chi connectivity index (χ1n) is 10.2. The Labute approximate surface area is 181 Å². The number of cyclic esters (lactones) is 1. The van der Waals surface area contributed by atoms with Crippen LogP contribution in [0.4, 0.5) is 5.69 Å². The van der Waals surface area contributed by atoms with Crippen LogP contribution in [-0.2, 0) is 34.7 Å². The molecule has 0 amide bonds. The highest BCUT2D eigenvalue weighted by Crippen LogP contribution is 2.40. The van der Waals surface area contributed by atoms with Gasteiger partial charge >= 0.3 is 5.97 Å². The van der Waals surface area contributed by atoms with Gasteiger partial charge in [-0.1, -0.05) is 13.0 Å². The molecule has 9 nitrogen and oxygen atoms in total. The number of carbonyl (C=O) groups excluding carboxylic acids is 1. The average molecular weight is 433 g/mol. The molecule has 162 valence electrons. The second-order valence-electron chi connectivity index (χ2n) is 7.99. The molecule has 0 bridgehead atoms. The Morgan fingerprint density at radius 3 is 2.84 bits per heavy atom. The third-order valence-electron chi connectivity index (χ3n) is 6.29. The van der Waals surface area contributed by atoms with Crippen molar-refractivity contribution in [2.24, 2.45) is 0 Å². The van der Waals surface area contributed by atoms with Gasteiger partial charge in [0.25, 0.3) is 11.2 Å². The molecule has 1 aromatic carbocycles. The van der Waals surface area contributed by atoms with E-state index in [9.17, 15) is 24.8 Å². The SMILES string of the molecule is C=CCc1ccc2nc3c(cc2c1[N+](=O)[O-])Cn1c-3cc2c(c1=O)COC(=O)C2(O)CC. The Kier molecular flexibility index (Phi) is 4.28. The predicted molar refractivity (Wildman–Crippen MR) is 115 cm³/mol. The van der Waals surface area contributed by atoms with Crippen LogP contribution in [0.15, 0.2) is 41.7 Å². The normalized spacial score (nSPS) is 18.6. The van der Waals surface area contributed by atoms with Crippen LogP contribution in [0.2, 0.25) is 0 Å². The molecule has 0 radical (unpaired) electrons. The van der Waals surface area contributed by atoms with E-state index in [0.29, 0.717) is 39.8 Å². The maximum absolute atomic E-state index is 13.2. The number of pyridine rings is 2. The van der Waals surface area contributed by atoms with E-state index in [1.807, 2.05) is 0 Å². The minimum Gasteiger partial charge on any atom is -0.458 e. The Morgan fingerprint density at radius 1 is 1.38 bits per heavy atom. The summed E-state index contributed by atoms with van der Waals surface area (Å²) in [5.74, 6) is -0.785. The predicted octanol–water partition coefficient (Wildman–Crippen LogP) is 2.72. The fourth-order valence-electron chi connectivity index (χ4n) is 4.62. The summed E-state index contributed by atoms with van der Waals surface area (Å²) in [7, 11) is 0. The molecule has 9 heteroatoms. The number of benzene rings is 1. The molecule has 1 N–H and O–H groups in total. The van der Waals surface area contributed by atoms with Crippen LogP contribution >= 0.6 is 0 Å². The number of rotatable bonds is 4. The third kappa shape index (κ3) is 2.57. The monoisotopic (exact) mass is 433 g/mol. The van der Waals surface area contributed by atoms with Crippen molar-refractivity contribution in [3.63, 3.8) is 0 Å². The van der Waals surface area contributed by atoms with Crippen molar-refractivity contribution in [1.29, 1.82) is 0 Å². The lowest BCUT2D eigenvalue weighted by atomic mass is 9.86. The minimum absolute atomic E-state index is 0.0281. The number of hydrogen-bond acceptors (Lipinski definition) is 7. The van der Waals surface area contributed by atoms with Gasteiger partial charge in [-0.15, -0.1) is 6.58 Å². The lowest BCUT2D eigenvalue weighted by Gasteiger charge is -2.31. The number of nitro benzene ring substituents is 1. The largest absolute Gasteiger partial charge is 0.458 e. The molecule has 5 rings (SSSR count). The van der Waals surface area contributed by atoms with Crippen LogP contribution in [0.25, 0.3) is 22.3 Å². The van der Waals surface area contributed by atoms with Gasteiger partial charge < -0.3 is 14.4 Å². The zero-order valence-corrected chi connectivity index (χ0v) is 17.3. The number of aromatic nitrogens is 2. The quantitative estimate of drug-likeness (QED) is 0.227. The van der Waals surface area contributed by atoms with Gasteiger partial charge in [0.1, 0.15) is 6.61 Å². The van der Waals surface area contributed by atoms with Crippen LogP contribution in [0.5, 0.6) is 0 Å². The number of nitro groups is 1. The Bertz CT molecular complexity index is 1420. The number of allylic oxidation sites excluding steroid dienone is 1. The second-order valence-corrected chi connectivity index (χ2v) is 7.99. The molecule has 3 aromatic rings. The summed E-state index contributed by atoms with van der Waals surface area (Å²) in [4.78, 5) is 41.5. The molecule has 0 saturated carbocycles. The van der Waals surface area contributed by atoms with Crippen LogP contribution in [0.1, 0.15) is 35.6 Å². The molecule has 2 aliphatic rings. The van der Waals surface area contributed by atoms with E-state index in [2.05, 4.69) is 11.6 Å².